The maximum atomic E-state index is 11.9. The van der Waals surface area contributed by atoms with E-state index >= 15 is 0 Å². The lowest BCUT2D eigenvalue weighted by Gasteiger charge is -2.14. The smallest absolute Gasteiger partial charge is 0.329 e. The van der Waals surface area contributed by atoms with Crippen molar-refractivity contribution in [3.8, 4) is 0 Å². The summed E-state index contributed by atoms with van der Waals surface area (Å²) in [6, 6.07) is 5.59. The number of rotatable bonds is 3. The molecule has 2 rings (SSSR count). The van der Waals surface area contributed by atoms with Gasteiger partial charge in [-0.2, -0.15) is 0 Å². The van der Waals surface area contributed by atoms with E-state index in [1.54, 1.807) is 18.2 Å². The van der Waals surface area contributed by atoms with Crippen LogP contribution in [0.3, 0.4) is 0 Å². The molecule has 2 unspecified atom stereocenters. The predicted octanol–water partition coefficient (Wildman–Crippen LogP) is 0.604. The van der Waals surface area contributed by atoms with Gasteiger partial charge < -0.3 is 15.2 Å². The second kappa shape index (κ2) is 5.37. The van der Waals surface area contributed by atoms with Crippen LogP contribution in [0.5, 0.6) is 0 Å². The summed E-state index contributed by atoms with van der Waals surface area (Å²) in [6.45, 7) is -0.0952. The fourth-order valence-corrected chi connectivity index (χ4v) is 1.95. The Bertz CT molecular complexity index is 477. The van der Waals surface area contributed by atoms with Gasteiger partial charge in [0.15, 0.2) is 0 Å². The molecule has 1 aromatic carbocycles. The van der Waals surface area contributed by atoms with E-state index in [0.29, 0.717) is 10.6 Å². The van der Waals surface area contributed by atoms with E-state index in [-0.39, 0.29) is 13.2 Å². The highest BCUT2D eigenvalue weighted by molar-refractivity contribution is 6.30. The first kappa shape index (κ1) is 12.9. The van der Waals surface area contributed by atoms with Crippen LogP contribution in [0.2, 0.25) is 5.02 Å². The van der Waals surface area contributed by atoms with Crippen LogP contribution in [0.25, 0.3) is 0 Å². The molecule has 1 aliphatic rings. The quantitative estimate of drug-likeness (QED) is 0.788. The molecule has 1 amide bonds. The van der Waals surface area contributed by atoms with E-state index in [0.717, 1.165) is 0 Å². The summed E-state index contributed by atoms with van der Waals surface area (Å²) in [6.07, 6.45) is 0. The molecule has 0 bridgehead atoms. The summed E-state index contributed by atoms with van der Waals surface area (Å²) < 4.78 is 4.79. The average Bonchev–Trinajstić information content (AvgIpc) is 2.70. The third-order valence-corrected chi connectivity index (χ3v) is 3.01. The molecule has 1 saturated heterocycles. The molecule has 18 heavy (non-hydrogen) atoms. The third kappa shape index (κ3) is 2.63. The van der Waals surface area contributed by atoms with Gasteiger partial charge in [0.1, 0.15) is 6.04 Å². The number of carbonyl (C=O) groups excluding carboxylic acids is 2. The van der Waals surface area contributed by atoms with Crippen LogP contribution in [-0.2, 0) is 9.53 Å². The Morgan fingerprint density at radius 1 is 1.56 bits per heavy atom. The van der Waals surface area contributed by atoms with Crippen LogP contribution in [0.15, 0.2) is 24.3 Å². The second-order valence-electron chi connectivity index (χ2n) is 4.03. The van der Waals surface area contributed by atoms with Crippen LogP contribution in [-0.4, -0.2) is 36.2 Å². The van der Waals surface area contributed by atoms with Crippen molar-refractivity contribution in [3.05, 3.63) is 34.9 Å². The molecule has 96 valence electrons. The topological polar surface area (TPSA) is 75.6 Å². The minimum absolute atomic E-state index is 0.121. The van der Waals surface area contributed by atoms with Crippen LogP contribution in [0.4, 0.5) is 0 Å². The molecule has 5 nitrogen and oxygen atoms in total. The first-order chi connectivity index (χ1) is 8.61. The molecule has 1 aliphatic heterocycles. The van der Waals surface area contributed by atoms with Gasteiger partial charge in [-0.15, -0.1) is 0 Å². The Hall–Kier alpha value is -1.59. The van der Waals surface area contributed by atoms with Crippen LogP contribution in [0, 0.1) is 5.92 Å². The molecule has 2 N–H and O–H groups in total. The molecule has 1 heterocycles. The predicted molar refractivity (Wildman–Crippen MR) is 64.2 cm³/mol. The largest absolute Gasteiger partial charge is 0.464 e. The molecule has 0 spiro atoms. The minimum Gasteiger partial charge on any atom is -0.464 e. The Kier molecular flexibility index (Phi) is 3.84. The van der Waals surface area contributed by atoms with Crippen LogP contribution < -0.4 is 5.32 Å². The monoisotopic (exact) mass is 269 g/mol. The first-order valence-electron chi connectivity index (χ1n) is 5.45. The molecule has 0 aromatic heterocycles. The number of carbonyl (C=O) groups is 2. The molecule has 1 aromatic rings. The summed E-state index contributed by atoms with van der Waals surface area (Å²) >= 11 is 5.78. The van der Waals surface area contributed by atoms with Gasteiger partial charge in [-0.1, -0.05) is 17.7 Å². The van der Waals surface area contributed by atoms with Crippen molar-refractivity contribution in [2.75, 3.05) is 13.2 Å². The molecule has 6 heteroatoms. The molecule has 0 radical (unpaired) electrons. The normalized spacial score (nSPS) is 22.7. The van der Waals surface area contributed by atoms with E-state index in [2.05, 4.69) is 5.32 Å². The van der Waals surface area contributed by atoms with Gasteiger partial charge in [0, 0.05) is 16.5 Å². The number of halogens is 1. The lowest BCUT2D eigenvalue weighted by atomic mass is 10.0. The van der Waals surface area contributed by atoms with Crippen LogP contribution in [0.1, 0.15) is 10.4 Å². The SMILES string of the molecule is O=C(NC1C(=O)OCC1CO)c1cccc(Cl)c1. The van der Waals surface area contributed by atoms with Crippen molar-refractivity contribution in [2.45, 2.75) is 6.04 Å². The van der Waals surface area contributed by atoms with Crippen molar-refractivity contribution in [2.24, 2.45) is 5.92 Å². The molecule has 1 fully saturated rings. The lowest BCUT2D eigenvalue weighted by Crippen LogP contribution is -2.43. The molecule has 2 atom stereocenters. The van der Waals surface area contributed by atoms with Crippen LogP contribution >= 0.6 is 11.6 Å². The Morgan fingerprint density at radius 3 is 3.00 bits per heavy atom. The van der Waals surface area contributed by atoms with E-state index in [1.807, 2.05) is 0 Å². The first-order valence-corrected chi connectivity index (χ1v) is 5.83. The molecular formula is C12H12ClNO4. The zero-order valence-electron chi connectivity index (χ0n) is 9.43. The average molecular weight is 270 g/mol. The number of hydrogen-bond acceptors (Lipinski definition) is 4. The maximum absolute atomic E-state index is 11.9. The highest BCUT2D eigenvalue weighted by atomic mass is 35.5. The standard InChI is InChI=1S/C12H12ClNO4/c13-9-3-1-2-7(4-9)11(16)14-10-8(5-15)6-18-12(10)17/h1-4,8,10,15H,5-6H2,(H,14,16). The fraction of sp³-hybridized carbons (Fsp3) is 0.333. The van der Waals surface area contributed by atoms with Gasteiger partial charge in [0.05, 0.1) is 13.2 Å². The fourth-order valence-electron chi connectivity index (χ4n) is 1.76. The number of hydrogen-bond donors (Lipinski definition) is 2. The highest BCUT2D eigenvalue weighted by Gasteiger charge is 2.37. The summed E-state index contributed by atoms with van der Waals surface area (Å²) in [5.74, 6) is -1.34. The lowest BCUT2D eigenvalue weighted by molar-refractivity contribution is -0.139. The Labute approximate surface area is 109 Å². The highest BCUT2D eigenvalue weighted by Crippen LogP contribution is 2.16. The number of aliphatic hydroxyl groups is 1. The van der Waals surface area contributed by atoms with Gasteiger partial charge in [-0.3, -0.25) is 4.79 Å². The van der Waals surface area contributed by atoms with Gasteiger partial charge in [0.2, 0.25) is 0 Å². The Balaban J connectivity index is 2.09. The summed E-state index contributed by atoms with van der Waals surface area (Å²) in [5.41, 5.74) is 0.360. The third-order valence-electron chi connectivity index (χ3n) is 2.77. The van der Waals surface area contributed by atoms with Gasteiger partial charge in [0.25, 0.3) is 5.91 Å². The maximum Gasteiger partial charge on any atom is 0.329 e. The van der Waals surface area contributed by atoms with Crippen molar-refractivity contribution >= 4 is 23.5 Å². The number of cyclic esters (lactones) is 1. The number of aliphatic hydroxyl groups excluding tert-OH is 1. The number of esters is 1. The zero-order chi connectivity index (χ0) is 13.1. The minimum atomic E-state index is -0.804. The van der Waals surface area contributed by atoms with Gasteiger partial charge >= 0.3 is 5.97 Å². The van der Waals surface area contributed by atoms with Gasteiger partial charge in [-0.05, 0) is 18.2 Å². The van der Waals surface area contributed by atoms with Crippen molar-refractivity contribution in [3.63, 3.8) is 0 Å². The summed E-state index contributed by atoms with van der Waals surface area (Å²) in [5, 5.41) is 12.1. The zero-order valence-corrected chi connectivity index (χ0v) is 10.2. The van der Waals surface area contributed by atoms with Crippen molar-refractivity contribution < 1.29 is 19.4 Å². The van der Waals surface area contributed by atoms with E-state index < -0.39 is 23.8 Å². The molecular weight excluding hydrogens is 258 g/mol. The molecule has 0 saturated carbocycles. The number of nitrogens with one attached hydrogen (secondary N) is 1. The number of benzene rings is 1. The summed E-state index contributed by atoms with van der Waals surface area (Å²) in [7, 11) is 0. The second-order valence-corrected chi connectivity index (χ2v) is 4.47. The number of ether oxygens (including phenoxy) is 1. The van der Waals surface area contributed by atoms with E-state index in [4.69, 9.17) is 21.4 Å². The Morgan fingerprint density at radius 2 is 2.33 bits per heavy atom. The van der Waals surface area contributed by atoms with Gasteiger partial charge in [-0.25, -0.2) is 4.79 Å². The number of amides is 1. The van der Waals surface area contributed by atoms with E-state index in [9.17, 15) is 9.59 Å². The van der Waals surface area contributed by atoms with E-state index in [1.165, 1.54) is 6.07 Å². The summed E-state index contributed by atoms with van der Waals surface area (Å²) in [4.78, 5) is 23.3. The van der Waals surface area contributed by atoms with Crippen molar-refractivity contribution in [1.82, 2.24) is 5.32 Å². The molecule has 0 aliphatic carbocycles. The van der Waals surface area contributed by atoms with Crippen molar-refractivity contribution in [1.29, 1.82) is 0 Å².